The average Bonchev–Trinajstić information content (AvgIpc) is 3.20. The van der Waals surface area contributed by atoms with Crippen LogP contribution in [0.5, 0.6) is 5.75 Å². The lowest BCUT2D eigenvalue weighted by Crippen LogP contribution is -2.20. The van der Waals surface area contributed by atoms with E-state index < -0.39 is 0 Å². The quantitative estimate of drug-likeness (QED) is 0.441. The molecular weight excluding hydrogens is 358 g/mol. The first-order valence-corrected chi connectivity index (χ1v) is 10.2. The highest BCUT2D eigenvalue weighted by atomic mass is 35.5. The topological polar surface area (TPSA) is 37.4 Å². The Morgan fingerprint density at radius 1 is 1.04 bits per heavy atom. The molecule has 142 valence electrons. The maximum atomic E-state index is 6.19. The zero-order chi connectivity index (χ0) is 18.6. The number of hydrogen-bond donors (Lipinski definition) is 1. The van der Waals surface area contributed by atoms with E-state index in [2.05, 4.69) is 22.3 Å². The van der Waals surface area contributed by atoms with Crippen molar-refractivity contribution in [2.24, 2.45) is 0 Å². The second-order valence-corrected chi connectivity index (χ2v) is 7.65. The van der Waals surface area contributed by atoms with Crippen molar-refractivity contribution in [2.75, 3.05) is 38.6 Å². The summed E-state index contributed by atoms with van der Waals surface area (Å²) in [6.07, 6.45) is 5.09. The number of unbranched alkanes of at least 4 members (excludes halogenated alkanes) is 1. The number of fused-ring (bicyclic) bond motifs is 2. The molecular formula is C22H26ClN3O. The Kier molecular flexibility index (Phi) is 5.65. The fourth-order valence-electron chi connectivity index (χ4n) is 3.89. The van der Waals surface area contributed by atoms with Gasteiger partial charge in [-0.2, -0.15) is 0 Å². The molecule has 4 nitrogen and oxygen atoms in total. The number of benzene rings is 2. The molecule has 0 spiro atoms. The molecule has 0 atom stereocenters. The van der Waals surface area contributed by atoms with Crippen molar-refractivity contribution in [2.45, 2.75) is 25.7 Å². The van der Waals surface area contributed by atoms with Gasteiger partial charge < -0.3 is 15.0 Å². The third kappa shape index (κ3) is 4.12. The highest BCUT2D eigenvalue weighted by molar-refractivity contribution is 6.31. The van der Waals surface area contributed by atoms with Crippen LogP contribution < -0.4 is 10.1 Å². The maximum Gasteiger partial charge on any atom is 0.119 e. The second kappa shape index (κ2) is 8.32. The van der Waals surface area contributed by atoms with Gasteiger partial charge in [0.1, 0.15) is 5.75 Å². The van der Waals surface area contributed by atoms with Gasteiger partial charge in [0.15, 0.2) is 0 Å². The minimum atomic E-state index is 0.708. The van der Waals surface area contributed by atoms with Gasteiger partial charge in [-0.05, 0) is 81.7 Å². The lowest BCUT2D eigenvalue weighted by atomic mass is 10.1. The molecule has 1 N–H and O–H groups in total. The molecule has 1 saturated heterocycles. The predicted octanol–water partition coefficient (Wildman–Crippen LogP) is 5.34. The van der Waals surface area contributed by atoms with Crippen molar-refractivity contribution < 1.29 is 4.74 Å². The van der Waals surface area contributed by atoms with Crippen molar-refractivity contribution in [1.82, 2.24) is 9.88 Å². The minimum Gasteiger partial charge on any atom is -0.497 e. The summed E-state index contributed by atoms with van der Waals surface area (Å²) in [6, 6.07) is 11.9. The Labute approximate surface area is 165 Å². The Morgan fingerprint density at radius 2 is 1.89 bits per heavy atom. The van der Waals surface area contributed by atoms with Crippen LogP contribution in [0.3, 0.4) is 0 Å². The largest absolute Gasteiger partial charge is 0.497 e. The first kappa shape index (κ1) is 18.3. The third-order valence-electron chi connectivity index (χ3n) is 5.34. The molecule has 0 radical (unpaired) electrons. The number of likely N-dealkylation sites (tertiary alicyclic amines) is 1. The van der Waals surface area contributed by atoms with Crippen LogP contribution in [0.2, 0.25) is 5.02 Å². The smallest absolute Gasteiger partial charge is 0.119 e. The summed E-state index contributed by atoms with van der Waals surface area (Å²) < 4.78 is 5.43. The number of methoxy groups -OCH3 is 1. The number of nitrogens with zero attached hydrogens (tertiary/aromatic N) is 2. The number of rotatable bonds is 7. The zero-order valence-corrected chi connectivity index (χ0v) is 16.6. The minimum absolute atomic E-state index is 0.708. The monoisotopic (exact) mass is 383 g/mol. The first-order chi connectivity index (χ1) is 13.2. The van der Waals surface area contributed by atoms with Crippen molar-refractivity contribution in [3.05, 3.63) is 41.4 Å². The molecule has 3 aromatic rings. The fourth-order valence-corrected chi connectivity index (χ4v) is 4.06. The number of nitrogens with one attached hydrogen (secondary N) is 1. The van der Waals surface area contributed by atoms with E-state index in [1.807, 2.05) is 24.3 Å². The molecule has 0 unspecified atom stereocenters. The number of pyridine rings is 1. The zero-order valence-electron chi connectivity index (χ0n) is 15.8. The average molecular weight is 384 g/mol. The molecule has 0 amide bonds. The summed E-state index contributed by atoms with van der Waals surface area (Å²) >= 11 is 6.19. The van der Waals surface area contributed by atoms with E-state index in [1.165, 1.54) is 38.9 Å². The molecule has 0 aliphatic carbocycles. The van der Waals surface area contributed by atoms with Crippen molar-refractivity contribution >= 4 is 39.1 Å². The van der Waals surface area contributed by atoms with Crippen LogP contribution in [0.1, 0.15) is 25.7 Å². The lowest BCUT2D eigenvalue weighted by Gasteiger charge is -2.16. The molecule has 1 aliphatic rings. The molecule has 2 heterocycles. The van der Waals surface area contributed by atoms with Gasteiger partial charge >= 0.3 is 0 Å². The Balaban J connectivity index is 1.57. The Bertz CT molecular complexity index is 938. The molecule has 5 heteroatoms. The highest BCUT2D eigenvalue weighted by Gasteiger charge is 2.12. The number of hydrogen-bond acceptors (Lipinski definition) is 4. The van der Waals surface area contributed by atoms with E-state index in [9.17, 15) is 0 Å². The molecule has 2 aromatic carbocycles. The number of ether oxygens (including phenoxy) is 1. The van der Waals surface area contributed by atoms with Crippen molar-refractivity contribution in [3.63, 3.8) is 0 Å². The van der Waals surface area contributed by atoms with Gasteiger partial charge in [-0.1, -0.05) is 11.6 Å². The molecule has 1 fully saturated rings. The number of aromatic nitrogens is 1. The van der Waals surface area contributed by atoms with Crippen LogP contribution in [-0.4, -0.2) is 43.2 Å². The molecule has 0 bridgehead atoms. The number of anilines is 1. The van der Waals surface area contributed by atoms with Crippen LogP contribution in [0, 0.1) is 0 Å². The summed E-state index contributed by atoms with van der Waals surface area (Å²) in [4.78, 5) is 7.36. The highest BCUT2D eigenvalue weighted by Crippen LogP contribution is 2.34. The van der Waals surface area contributed by atoms with Gasteiger partial charge in [-0.3, -0.25) is 0 Å². The van der Waals surface area contributed by atoms with Crippen molar-refractivity contribution in [1.29, 1.82) is 0 Å². The van der Waals surface area contributed by atoms with E-state index in [4.69, 9.17) is 21.3 Å². The van der Waals surface area contributed by atoms with Gasteiger partial charge in [-0.25, -0.2) is 4.98 Å². The third-order valence-corrected chi connectivity index (χ3v) is 5.58. The van der Waals surface area contributed by atoms with Gasteiger partial charge in [0.25, 0.3) is 0 Å². The van der Waals surface area contributed by atoms with E-state index in [0.717, 1.165) is 46.2 Å². The summed E-state index contributed by atoms with van der Waals surface area (Å²) in [6.45, 7) is 4.70. The van der Waals surface area contributed by atoms with Crippen LogP contribution in [0.25, 0.3) is 21.8 Å². The van der Waals surface area contributed by atoms with E-state index in [-0.39, 0.29) is 0 Å². The fraction of sp³-hybridized carbons (Fsp3) is 0.409. The molecule has 1 aromatic heterocycles. The molecule has 1 aliphatic heterocycles. The van der Waals surface area contributed by atoms with Crippen molar-refractivity contribution in [3.8, 4) is 5.75 Å². The van der Waals surface area contributed by atoms with Crippen LogP contribution >= 0.6 is 11.6 Å². The van der Waals surface area contributed by atoms with Gasteiger partial charge in [0, 0.05) is 22.3 Å². The first-order valence-electron chi connectivity index (χ1n) is 9.78. The SMILES string of the molecule is COc1ccc2nc3cc(Cl)ccc3c(NCCCCN3CCCC3)c2c1. The normalized spacial score (nSPS) is 14.9. The van der Waals surface area contributed by atoms with Crippen LogP contribution in [-0.2, 0) is 0 Å². The van der Waals surface area contributed by atoms with Crippen LogP contribution in [0.15, 0.2) is 36.4 Å². The number of halogens is 1. The second-order valence-electron chi connectivity index (χ2n) is 7.21. The Morgan fingerprint density at radius 3 is 2.70 bits per heavy atom. The lowest BCUT2D eigenvalue weighted by molar-refractivity contribution is 0.331. The van der Waals surface area contributed by atoms with Gasteiger partial charge in [0.2, 0.25) is 0 Å². The van der Waals surface area contributed by atoms with E-state index >= 15 is 0 Å². The summed E-state index contributed by atoms with van der Waals surface area (Å²) in [5.41, 5.74) is 2.98. The summed E-state index contributed by atoms with van der Waals surface area (Å²) in [5, 5.41) is 6.56. The van der Waals surface area contributed by atoms with Gasteiger partial charge in [0.05, 0.1) is 23.8 Å². The van der Waals surface area contributed by atoms with Crippen LogP contribution in [0.4, 0.5) is 5.69 Å². The van der Waals surface area contributed by atoms with E-state index in [0.29, 0.717) is 5.02 Å². The maximum absolute atomic E-state index is 6.19. The standard InChI is InChI=1S/C22H26ClN3O/c1-27-17-7-9-20-19(15-17)22(18-8-6-16(23)14-21(18)25-20)24-10-2-3-11-26-12-4-5-13-26/h6-9,14-15H,2-5,10-13H2,1H3,(H,24,25). The predicted molar refractivity (Wildman–Crippen MR) is 114 cm³/mol. The molecule has 4 rings (SSSR count). The van der Waals surface area contributed by atoms with E-state index in [1.54, 1.807) is 7.11 Å². The molecule has 27 heavy (non-hydrogen) atoms. The van der Waals surface area contributed by atoms with Gasteiger partial charge in [-0.15, -0.1) is 0 Å². The summed E-state index contributed by atoms with van der Waals surface area (Å²) in [5.74, 6) is 0.842. The Hall–Kier alpha value is -2.04. The molecule has 0 saturated carbocycles. The summed E-state index contributed by atoms with van der Waals surface area (Å²) in [7, 11) is 1.70.